The Morgan fingerprint density at radius 3 is 1.65 bits per heavy atom. The molecule has 0 atom stereocenters. The molecule has 0 spiro atoms. The Morgan fingerprint density at radius 2 is 1.29 bits per heavy atom. The van der Waals surface area contributed by atoms with E-state index in [2.05, 4.69) is 4.79 Å². The van der Waals surface area contributed by atoms with E-state index in [-0.39, 0.29) is 0 Å². The Labute approximate surface area is 99.7 Å². The van der Waals surface area contributed by atoms with Crippen LogP contribution in [0.5, 0.6) is 0 Å². The van der Waals surface area contributed by atoms with Gasteiger partial charge in [-0.15, -0.1) is 0 Å². The van der Waals surface area contributed by atoms with Gasteiger partial charge in [0.25, 0.3) is 0 Å². The van der Waals surface area contributed by atoms with Crippen LogP contribution in [0.2, 0.25) is 0 Å². The lowest BCUT2D eigenvalue weighted by Crippen LogP contribution is -2.16. The number of rotatable bonds is 3. The molecule has 2 aromatic carbocycles. The lowest BCUT2D eigenvalue weighted by Gasteiger charge is -2.09. The Morgan fingerprint density at radius 1 is 0.882 bits per heavy atom. The highest BCUT2D eigenvalue weighted by molar-refractivity contribution is 7.91. The van der Waals surface area contributed by atoms with Crippen LogP contribution >= 0.6 is 7.14 Å². The number of benzene rings is 2. The topological polar surface area (TPSA) is 53.5 Å². The largest absolute Gasteiger partial charge is 0.361 e. The van der Waals surface area contributed by atoms with Gasteiger partial charge in [-0.25, -0.2) is 0 Å². The highest BCUT2D eigenvalue weighted by atomic mass is 31.2. The van der Waals surface area contributed by atoms with Crippen molar-refractivity contribution < 1.29 is 9.35 Å². The fraction of sp³-hybridized carbons (Fsp3) is 0. The molecule has 0 aliphatic rings. The van der Waals surface area contributed by atoms with Crippen molar-refractivity contribution in [2.24, 2.45) is 0 Å². The molecule has 0 N–H and O–H groups in total. The standard InChI is InChI=1S/C13H11N2OP/c14-15-11-17(16,12-7-3-1-4-8-12)13-9-5-2-6-10-13/h1-11H. The first-order valence-electron chi connectivity index (χ1n) is 5.17. The molecule has 0 amide bonds. The van der Waals surface area contributed by atoms with E-state index in [1.807, 2.05) is 36.4 Å². The molecular weight excluding hydrogens is 231 g/mol. The lowest BCUT2D eigenvalue weighted by molar-refractivity contribution is 0.00757. The quantitative estimate of drug-likeness (QED) is 0.352. The van der Waals surface area contributed by atoms with Crippen LogP contribution in [0.3, 0.4) is 0 Å². The molecule has 3 nitrogen and oxygen atoms in total. The molecule has 4 heteroatoms. The summed E-state index contributed by atoms with van der Waals surface area (Å²) in [5, 5.41) is 1.31. The van der Waals surface area contributed by atoms with E-state index in [1.165, 1.54) is 0 Å². The second-order valence-corrected chi connectivity index (χ2v) is 6.14. The van der Waals surface area contributed by atoms with Crippen LogP contribution in [0.4, 0.5) is 0 Å². The van der Waals surface area contributed by atoms with Gasteiger partial charge in [-0.1, -0.05) is 60.7 Å². The summed E-state index contributed by atoms with van der Waals surface area (Å²) >= 11 is 0. The number of nitrogens with zero attached hydrogens (tertiary/aromatic N) is 2. The van der Waals surface area contributed by atoms with Gasteiger partial charge >= 0.3 is 5.96 Å². The molecule has 17 heavy (non-hydrogen) atoms. The maximum atomic E-state index is 12.9. The fourth-order valence-corrected chi connectivity index (χ4v) is 3.59. The normalized spacial score (nSPS) is 10.6. The third-order valence-electron chi connectivity index (χ3n) is 2.49. The maximum Gasteiger partial charge on any atom is 0.321 e. The molecule has 0 aromatic heterocycles. The summed E-state index contributed by atoms with van der Waals surface area (Å²) in [7, 11) is -2.97. The summed E-state index contributed by atoms with van der Waals surface area (Å²) in [5.41, 5.74) is 8.72. The van der Waals surface area contributed by atoms with Crippen LogP contribution < -0.4 is 10.6 Å². The van der Waals surface area contributed by atoms with E-state index in [4.69, 9.17) is 5.53 Å². The van der Waals surface area contributed by atoms with Crippen molar-refractivity contribution in [1.82, 2.24) is 0 Å². The SMILES string of the molecule is [N-]=[N+]=CP(=O)(c1ccccc1)c1ccccc1. The minimum atomic E-state index is -2.97. The molecule has 0 fully saturated rings. The van der Waals surface area contributed by atoms with Gasteiger partial charge < -0.3 is 10.1 Å². The van der Waals surface area contributed by atoms with Crippen LogP contribution in [0.15, 0.2) is 60.7 Å². The van der Waals surface area contributed by atoms with Crippen LogP contribution in [-0.2, 0) is 4.57 Å². The predicted octanol–water partition coefficient (Wildman–Crippen LogP) is 2.26. The molecular formula is C13H11N2OP. The Hall–Kier alpha value is -1.95. The molecule has 2 aromatic rings. The van der Waals surface area contributed by atoms with E-state index in [9.17, 15) is 4.57 Å². The van der Waals surface area contributed by atoms with Crippen molar-refractivity contribution in [1.29, 1.82) is 0 Å². The van der Waals surface area contributed by atoms with E-state index in [0.717, 1.165) is 5.96 Å². The van der Waals surface area contributed by atoms with Gasteiger partial charge in [-0.05, 0) is 0 Å². The first kappa shape index (κ1) is 11.5. The summed E-state index contributed by atoms with van der Waals surface area (Å²) in [4.78, 5) is 2.97. The maximum absolute atomic E-state index is 12.9. The zero-order valence-corrected chi connectivity index (χ0v) is 10.00. The average Bonchev–Trinajstić information content (AvgIpc) is 2.41. The first-order chi connectivity index (χ1) is 8.27. The summed E-state index contributed by atoms with van der Waals surface area (Å²) in [6.45, 7) is 0. The van der Waals surface area contributed by atoms with E-state index < -0.39 is 7.14 Å². The van der Waals surface area contributed by atoms with Crippen molar-refractivity contribution in [2.75, 3.05) is 0 Å². The third kappa shape index (κ3) is 2.26. The van der Waals surface area contributed by atoms with Gasteiger partial charge in [0.1, 0.15) is 0 Å². The monoisotopic (exact) mass is 242 g/mol. The van der Waals surface area contributed by atoms with Crippen molar-refractivity contribution in [3.63, 3.8) is 0 Å². The summed E-state index contributed by atoms with van der Waals surface area (Å²) in [6.07, 6.45) is 0. The zero-order valence-electron chi connectivity index (χ0n) is 9.10. The fourth-order valence-electron chi connectivity index (χ4n) is 1.65. The molecule has 0 bridgehead atoms. The highest BCUT2D eigenvalue weighted by Gasteiger charge is 2.29. The summed E-state index contributed by atoms with van der Waals surface area (Å²) in [6, 6.07) is 18.1. The number of hydrogen-bond acceptors (Lipinski definition) is 1. The number of hydrogen-bond donors (Lipinski definition) is 0. The third-order valence-corrected chi connectivity index (χ3v) is 5.05. The van der Waals surface area contributed by atoms with Crippen molar-refractivity contribution in [2.45, 2.75) is 0 Å². The highest BCUT2D eigenvalue weighted by Crippen LogP contribution is 2.39. The van der Waals surface area contributed by atoms with E-state index in [1.54, 1.807) is 24.3 Å². The van der Waals surface area contributed by atoms with Gasteiger partial charge in [0, 0.05) is 10.6 Å². The van der Waals surface area contributed by atoms with Crippen LogP contribution in [0, 0.1) is 0 Å². The molecule has 0 saturated heterocycles. The molecule has 0 saturated carbocycles. The summed E-state index contributed by atoms with van der Waals surface area (Å²) in [5.74, 6) is 1.12. The minimum Gasteiger partial charge on any atom is -0.361 e. The molecule has 2 rings (SSSR count). The molecule has 0 unspecified atom stereocenters. The van der Waals surface area contributed by atoms with Crippen molar-refractivity contribution >= 4 is 23.7 Å². The predicted molar refractivity (Wildman–Crippen MR) is 69.4 cm³/mol. The average molecular weight is 242 g/mol. The van der Waals surface area contributed by atoms with Crippen molar-refractivity contribution in [3.05, 3.63) is 66.2 Å². The Kier molecular flexibility index (Phi) is 3.34. The first-order valence-corrected chi connectivity index (χ1v) is 6.94. The van der Waals surface area contributed by atoms with Gasteiger partial charge in [0.15, 0.2) is 0 Å². The summed E-state index contributed by atoms with van der Waals surface area (Å²) < 4.78 is 12.9. The van der Waals surface area contributed by atoms with Crippen LogP contribution in [0.1, 0.15) is 0 Å². The Balaban J connectivity index is 2.64. The van der Waals surface area contributed by atoms with Gasteiger partial charge in [-0.3, -0.25) is 0 Å². The van der Waals surface area contributed by atoms with E-state index >= 15 is 0 Å². The van der Waals surface area contributed by atoms with Crippen LogP contribution in [-0.4, -0.2) is 10.7 Å². The molecule has 0 aliphatic carbocycles. The zero-order chi connectivity index (χ0) is 12.1. The second-order valence-electron chi connectivity index (χ2n) is 3.56. The van der Waals surface area contributed by atoms with Crippen LogP contribution in [0.25, 0.3) is 5.53 Å². The smallest absolute Gasteiger partial charge is 0.321 e. The molecule has 84 valence electrons. The van der Waals surface area contributed by atoms with Gasteiger partial charge in [0.2, 0.25) is 7.14 Å². The Bertz CT molecular complexity index is 546. The second kappa shape index (κ2) is 4.92. The lowest BCUT2D eigenvalue weighted by atomic mass is 10.4. The van der Waals surface area contributed by atoms with Gasteiger partial charge in [0.05, 0.1) is 0 Å². The molecule has 0 aliphatic heterocycles. The minimum absolute atomic E-state index is 0.656. The van der Waals surface area contributed by atoms with Crippen molar-refractivity contribution in [3.8, 4) is 0 Å². The van der Waals surface area contributed by atoms with E-state index in [0.29, 0.717) is 10.6 Å². The molecule has 0 radical (unpaired) electrons. The molecule has 0 heterocycles. The van der Waals surface area contributed by atoms with Gasteiger partial charge in [-0.2, -0.15) is 4.79 Å².